The zero-order chi connectivity index (χ0) is 16.1. The zero-order valence-electron chi connectivity index (χ0n) is 12.2. The van der Waals surface area contributed by atoms with Gasteiger partial charge in [0.2, 0.25) is 5.69 Å². The lowest BCUT2D eigenvalue weighted by Crippen LogP contribution is -1.98. The fourth-order valence-electron chi connectivity index (χ4n) is 2.04. The predicted molar refractivity (Wildman–Crippen MR) is 96.9 cm³/mol. The van der Waals surface area contributed by atoms with Crippen LogP contribution in [0.25, 0.3) is 0 Å². The van der Waals surface area contributed by atoms with E-state index in [1.54, 1.807) is 23.9 Å². The fraction of sp³-hybridized carbons (Fsp3) is 0. The summed E-state index contributed by atoms with van der Waals surface area (Å²) in [6.07, 6.45) is 1.54. The van der Waals surface area contributed by atoms with Crippen LogP contribution >= 0.6 is 23.4 Å². The second kappa shape index (κ2) is 7.36. The summed E-state index contributed by atoms with van der Waals surface area (Å²) in [4.78, 5) is 2.27. The van der Waals surface area contributed by atoms with Gasteiger partial charge in [-0.05, 0) is 48.5 Å². The van der Waals surface area contributed by atoms with Gasteiger partial charge in [-0.1, -0.05) is 41.6 Å². The van der Waals surface area contributed by atoms with Crippen LogP contribution in [-0.4, -0.2) is 11.0 Å². The highest BCUT2D eigenvalue weighted by molar-refractivity contribution is 7.99. The van der Waals surface area contributed by atoms with E-state index in [-0.39, 0.29) is 0 Å². The van der Waals surface area contributed by atoms with Crippen molar-refractivity contribution >= 4 is 35.3 Å². The van der Waals surface area contributed by atoms with Crippen molar-refractivity contribution in [3.8, 4) is 0 Å². The van der Waals surface area contributed by atoms with Gasteiger partial charge in [0.05, 0.1) is 0 Å². The molecule has 23 heavy (non-hydrogen) atoms. The zero-order valence-corrected chi connectivity index (χ0v) is 13.8. The Labute approximate surface area is 144 Å². The maximum Gasteiger partial charge on any atom is 0.216 e. The molecule has 0 aliphatic carbocycles. The van der Waals surface area contributed by atoms with Gasteiger partial charge in [0, 0.05) is 32.5 Å². The molecule has 0 radical (unpaired) electrons. The minimum absolute atomic E-state index is 0.595. The Morgan fingerprint density at radius 1 is 0.783 bits per heavy atom. The van der Waals surface area contributed by atoms with Gasteiger partial charge >= 0.3 is 0 Å². The molecule has 0 bridgehead atoms. The lowest BCUT2D eigenvalue weighted by molar-refractivity contribution is -0.354. The van der Waals surface area contributed by atoms with Crippen LogP contribution in [-0.2, 0) is 0 Å². The standard InChI is InChI=1S/C19H14ClNOS/c20-16-8-6-15(7-9-16)14-21(22)17-10-12-19(13-11-17)23-18-4-2-1-3-5-18/h1-14H/b21-14-. The van der Waals surface area contributed by atoms with Crippen LogP contribution in [0.5, 0.6) is 0 Å². The highest BCUT2D eigenvalue weighted by Crippen LogP contribution is 2.28. The minimum atomic E-state index is 0.595. The Balaban J connectivity index is 1.75. The van der Waals surface area contributed by atoms with E-state index in [1.165, 1.54) is 11.1 Å². The molecule has 0 heterocycles. The highest BCUT2D eigenvalue weighted by atomic mass is 35.5. The first-order valence-electron chi connectivity index (χ1n) is 7.10. The molecule has 3 rings (SSSR count). The number of hydrogen-bond acceptors (Lipinski definition) is 2. The Morgan fingerprint density at radius 2 is 1.39 bits per heavy atom. The molecule has 0 saturated heterocycles. The quantitative estimate of drug-likeness (QED) is 0.262. The summed E-state index contributed by atoms with van der Waals surface area (Å²) in [5, 5.41) is 12.8. The number of rotatable bonds is 4. The Bertz CT molecular complexity index is 799. The second-order valence-corrected chi connectivity index (χ2v) is 6.50. The van der Waals surface area contributed by atoms with Crippen LogP contribution in [0.4, 0.5) is 5.69 Å². The predicted octanol–water partition coefficient (Wildman–Crippen LogP) is 5.75. The maximum atomic E-state index is 12.2. The number of halogens is 1. The largest absolute Gasteiger partial charge is 0.618 e. The molecule has 0 unspecified atom stereocenters. The van der Waals surface area contributed by atoms with E-state index in [0.717, 1.165) is 15.2 Å². The van der Waals surface area contributed by atoms with E-state index in [1.807, 2.05) is 54.6 Å². The second-order valence-electron chi connectivity index (χ2n) is 4.92. The molecule has 0 N–H and O–H groups in total. The summed E-state index contributed by atoms with van der Waals surface area (Å²) in [6, 6.07) is 24.8. The first-order chi connectivity index (χ1) is 11.2. The summed E-state index contributed by atoms with van der Waals surface area (Å²) in [7, 11) is 0. The third kappa shape index (κ3) is 4.38. The van der Waals surface area contributed by atoms with Gasteiger partial charge in [-0.3, -0.25) is 0 Å². The van der Waals surface area contributed by atoms with E-state index < -0.39 is 0 Å². The SMILES string of the molecule is [O-]/[N+](=C\c1ccc(Cl)cc1)c1ccc(Sc2ccccc2)cc1. The molecule has 3 aromatic rings. The van der Waals surface area contributed by atoms with Crippen molar-refractivity contribution in [2.24, 2.45) is 0 Å². The normalized spacial score (nSPS) is 11.4. The number of nitrogens with zero attached hydrogens (tertiary/aromatic N) is 1. The molecular formula is C19H14ClNOS. The van der Waals surface area contributed by atoms with Gasteiger partial charge in [-0.2, -0.15) is 4.74 Å². The molecule has 0 spiro atoms. The molecule has 0 aromatic heterocycles. The van der Waals surface area contributed by atoms with E-state index in [0.29, 0.717) is 10.7 Å². The molecule has 0 aliphatic rings. The van der Waals surface area contributed by atoms with E-state index in [2.05, 4.69) is 12.1 Å². The number of hydrogen-bond donors (Lipinski definition) is 0. The van der Waals surface area contributed by atoms with E-state index in [4.69, 9.17) is 11.6 Å². The van der Waals surface area contributed by atoms with Crippen molar-refractivity contribution in [3.63, 3.8) is 0 Å². The fourth-order valence-corrected chi connectivity index (χ4v) is 3.01. The Kier molecular flexibility index (Phi) is 5.01. The minimum Gasteiger partial charge on any atom is -0.618 e. The van der Waals surface area contributed by atoms with Gasteiger partial charge in [0.25, 0.3) is 0 Å². The van der Waals surface area contributed by atoms with Gasteiger partial charge in [-0.25, -0.2) is 0 Å². The smallest absolute Gasteiger partial charge is 0.216 e. The molecule has 114 valence electrons. The Morgan fingerprint density at radius 3 is 2.04 bits per heavy atom. The van der Waals surface area contributed by atoms with Crippen LogP contribution in [0.15, 0.2) is 88.7 Å². The summed E-state index contributed by atoms with van der Waals surface area (Å²) in [5.74, 6) is 0. The molecule has 0 fully saturated rings. The summed E-state index contributed by atoms with van der Waals surface area (Å²) in [6.45, 7) is 0. The maximum absolute atomic E-state index is 12.2. The van der Waals surface area contributed by atoms with Crippen molar-refractivity contribution in [3.05, 3.63) is 94.7 Å². The topological polar surface area (TPSA) is 26.1 Å². The number of benzene rings is 3. The van der Waals surface area contributed by atoms with Gasteiger partial charge in [0.15, 0.2) is 6.21 Å². The van der Waals surface area contributed by atoms with E-state index >= 15 is 0 Å². The molecule has 0 amide bonds. The van der Waals surface area contributed by atoms with Gasteiger partial charge < -0.3 is 5.21 Å². The van der Waals surface area contributed by atoms with Crippen LogP contribution in [0.2, 0.25) is 5.02 Å². The van der Waals surface area contributed by atoms with Crippen LogP contribution in [0, 0.1) is 5.21 Å². The monoisotopic (exact) mass is 339 g/mol. The average Bonchev–Trinajstić information content (AvgIpc) is 2.58. The lowest BCUT2D eigenvalue weighted by atomic mass is 10.2. The molecule has 2 nitrogen and oxygen atoms in total. The van der Waals surface area contributed by atoms with Crippen LogP contribution < -0.4 is 0 Å². The first kappa shape index (κ1) is 15.7. The molecule has 4 heteroatoms. The van der Waals surface area contributed by atoms with E-state index in [9.17, 15) is 5.21 Å². The Hall–Kier alpha value is -2.23. The summed E-state index contributed by atoms with van der Waals surface area (Å²) in [5.41, 5.74) is 1.41. The van der Waals surface area contributed by atoms with Gasteiger partial charge in [0.1, 0.15) is 0 Å². The summed E-state index contributed by atoms with van der Waals surface area (Å²) < 4.78 is 0.861. The van der Waals surface area contributed by atoms with Crippen molar-refractivity contribution in [2.45, 2.75) is 9.79 Å². The molecule has 0 atom stereocenters. The van der Waals surface area contributed by atoms with Crippen molar-refractivity contribution < 1.29 is 4.74 Å². The van der Waals surface area contributed by atoms with Crippen molar-refractivity contribution in [2.75, 3.05) is 0 Å². The molecule has 0 aliphatic heterocycles. The summed E-state index contributed by atoms with van der Waals surface area (Å²) >= 11 is 7.51. The third-order valence-corrected chi connectivity index (χ3v) is 4.47. The highest BCUT2D eigenvalue weighted by Gasteiger charge is 2.03. The third-order valence-electron chi connectivity index (χ3n) is 3.21. The molecular weight excluding hydrogens is 326 g/mol. The first-order valence-corrected chi connectivity index (χ1v) is 8.30. The average molecular weight is 340 g/mol. The van der Waals surface area contributed by atoms with Crippen LogP contribution in [0.1, 0.15) is 5.56 Å². The van der Waals surface area contributed by atoms with Gasteiger partial charge in [-0.15, -0.1) is 0 Å². The molecule has 0 saturated carbocycles. The molecule has 3 aromatic carbocycles. The van der Waals surface area contributed by atoms with Crippen molar-refractivity contribution in [1.82, 2.24) is 0 Å². The van der Waals surface area contributed by atoms with Crippen molar-refractivity contribution in [1.29, 1.82) is 0 Å². The van der Waals surface area contributed by atoms with Crippen LogP contribution in [0.3, 0.4) is 0 Å². The lowest BCUT2D eigenvalue weighted by Gasteiger charge is -2.05.